The van der Waals surface area contributed by atoms with E-state index in [0.29, 0.717) is 29.9 Å². The molecule has 1 saturated heterocycles. The molecule has 3 rings (SSSR count). The van der Waals surface area contributed by atoms with Gasteiger partial charge in [-0.2, -0.15) is 11.8 Å². The van der Waals surface area contributed by atoms with Crippen molar-refractivity contribution in [3.63, 3.8) is 0 Å². The lowest BCUT2D eigenvalue weighted by Gasteiger charge is -2.33. The molecular weight excluding hydrogens is 364 g/mol. The van der Waals surface area contributed by atoms with Gasteiger partial charge in [0, 0.05) is 18.5 Å². The number of fused-ring (bicyclic) bond motifs is 1. The number of rotatable bonds is 6. The highest BCUT2D eigenvalue weighted by Gasteiger charge is 2.41. The number of aliphatic carboxylic acids is 1. The van der Waals surface area contributed by atoms with Crippen molar-refractivity contribution in [2.75, 3.05) is 18.1 Å². The van der Waals surface area contributed by atoms with Crippen molar-refractivity contribution in [1.82, 2.24) is 10.6 Å². The lowest BCUT2D eigenvalue weighted by atomic mass is 9.92. The van der Waals surface area contributed by atoms with Gasteiger partial charge in [-0.1, -0.05) is 30.3 Å². The first-order chi connectivity index (χ1) is 13.0. The summed E-state index contributed by atoms with van der Waals surface area (Å²) in [6.07, 6.45) is 0.881. The van der Waals surface area contributed by atoms with Gasteiger partial charge in [-0.05, 0) is 47.3 Å². The van der Waals surface area contributed by atoms with E-state index in [1.165, 1.54) is 0 Å². The number of benzene rings is 2. The minimum Gasteiger partial charge on any atom is -0.480 e. The number of hydrogen-bond donors (Lipinski definition) is 3. The zero-order valence-corrected chi connectivity index (χ0v) is 15.7. The summed E-state index contributed by atoms with van der Waals surface area (Å²) in [6, 6.07) is 13.2. The van der Waals surface area contributed by atoms with Crippen molar-refractivity contribution in [2.24, 2.45) is 0 Å². The van der Waals surface area contributed by atoms with E-state index in [1.807, 2.05) is 36.4 Å². The van der Waals surface area contributed by atoms with E-state index in [2.05, 4.69) is 10.6 Å². The Morgan fingerprint density at radius 3 is 2.44 bits per heavy atom. The molecule has 2 amide bonds. The minimum absolute atomic E-state index is 0.0431. The number of thioether (sulfide) groups is 1. The molecule has 0 radical (unpaired) electrons. The van der Waals surface area contributed by atoms with Gasteiger partial charge < -0.3 is 15.7 Å². The Balaban J connectivity index is 1.52. The first kappa shape index (κ1) is 19.2. The van der Waals surface area contributed by atoms with Crippen LogP contribution in [0.5, 0.6) is 0 Å². The van der Waals surface area contributed by atoms with E-state index in [9.17, 15) is 19.5 Å². The zero-order valence-electron chi connectivity index (χ0n) is 14.9. The molecule has 0 unspecified atom stereocenters. The molecule has 0 bridgehead atoms. The Morgan fingerprint density at radius 1 is 1.04 bits per heavy atom. The highest BCUT2D eigenvalue weighted by molar-refractivity contribution is 7.99. The summed E-state index contributed by atoms with van der Waals surface area (Å²) in [5.74, 6) is -0.175. The molecule has 142 valence electrons. The van der Waals surface area contributed by atoms with Crippen molar-refractivity contribution in [3.05, 3.63) is 48.0 Å². The standard InChI is InChI=1S/C20H22N2O4S/c23-17(22-20(19(25)26)8-11-27-12-9-20)7-10-21-18(24)16-6-5-14-3-1-2-4-15(14)13-16/h1-6,13H,7-12H2,(H,21,24)(H,22,23)(H,25,26). The molecular formula is C20H22N2O4S. The highest BCUT2D eigenvalue weighted by Crippen LogP contribution is 2.27. The second-order valence-electron chi connectivity index (χ2n) is 6.62. The van der Waals surface area contributed by atoms with Gasteiger partial charge in [0.25, 0.3) is 5.91 Å². The van der Waals surface area contributed by atoms with Gasteiger partial charge in [-0.3, -0.25) is 9.59 Å². The average molecular weight is 386 g/mol. The molecule has 0 atom stereocenters. The van der Waals surface area contributed by atoms with Crippen LogP contribution in [0.25, 0.3) is 10.8 Å². The Kier molecular flexibility index (Phi) is 6.01. The lowest BCUT2D eigenvalue weighted by molar-refractivity contribution is -0.148. The molecule has 2 aromatic rings. The monoisotopic (exact) mass is 386 g/mol. The van der Waals surface area contributed by atoms with Crippen LogP contribution < -0.4 is 10.6 Å². The van der Waals surface area contributed by atoms with E-state index in [1.54, 1.807) is 17.8 Å². The number of hydrogen-bond acceptors (Lipinski definition) is 4. The minimum atomic E-state index is -1.18. The van der Waals surface area contributed by atoms with Crippen LogP contribution >= 0.6 is 11.8 Å². The maximum Gasteiger partial charge on any atom is 0.329 e. The summed E-state index contributed by atoms with van der Waals surface area (Å²) in [7, 11) is 0. The van der Waals surface area contributed by atoms with Crippen molar-refractivity contribution in [1.29, 1.82) is 0 Å². The topological polar surface area (TPSA) is 95.5 Å². The van der Waals surface area contributed by atoms with Gasteiger partial charge in [0.15, 0.2) is 0 Å². The van der Waals surface area contributed by atoms with Crippen LogP contribution in [0.1, 0.15) is 29.6 Å². The maximum atomic E-state index is 12.3. The normalized spacial score (nSPS) is 15.9. The maximum absolute atomic E-state index is 12.3. The van der Waals surface area contributed by atoms with E-state index in [4.69, 9.17) is 0 Å². The number of carbonyl (C=O) groups excluding carboxylic acids is 2. The van der Waals surface area contributed by atoms with Crippen LogP contribution in [0, 0.1) is 0 Å². The number of nitrogens with one attached hydrogen (secondary N) is 2. The molecule has 1 aliphatic rings. The quantitative estimate of drug-likeness (QED) is 0.709. The van der Waals surface area contributed by atoms with E-state index < -0.39 is 11.5 Å². The van der Waals surface area contributed by atoms with Crippen molar-refractivity contribution in [2.45, 2.75) is 24.8 Å². The van der Waals surface area contributed by atoms with Crippen molar-refractivity contribution < 1.29 is 19.5 Å². The third-order valence-electron chi connectivity index (χ3n) is 4.78. The fourth-order valence-electron chi connectivity index (χ4n) is 3.16. The number of carboxylic acids is 1. The number of amides is 2. The Labute approximate surface area is 161 Å². The van der Waals surface area contributed by atoms with Crippen molar-refractivity contribution in [3.8, 4) is 0 Å². The molecule has 2 aromatic carbocycles. The van der Waals surface area contributed by atoms with Crippen LogP contribution in [0.3, 0.4) is 0 Å². The molecule has 1 fully saturated rings. The molecule has 1 heterocycles. The van der Waals surface area contributed by atoms with E-state index in [-0.39, 0.29) is 24.8 Å². The Morgan fingerprint density at radius 2 is 1.74 bits per heavy atom. The highest BCUT2D eigenvalue weighted by atomic mass is 32.2. The molecule has 3 N–H and O–H groups in total. The largest absolute Gasteiger partial charge is 0.480 e. The molecule has 1 aliphatic heterocycles. The van der Waals surface area contributed by atoms with Gasteiger partial charge in [0.1, 0.15) is 5.54 Å². The van der Waals surface area contributed by atoms with E-state index in [0.717, 1.165) is 10.8 Å². The van der Waals surface area contributed by atoms with Crippen LogP contribution in [-0.4, -0.2) is 46.5 Å². The predicted octanol–water partition coefficient (Wildman–Crippen LogP) is 2.43. The average Bonchev–Trinajstić information content (AvgIpc) is 2.68. The third kappa shape index (κ3) is 4.60. The summed E-state index contributed by atoms with van der Waals surface area (Å²) >= 11 is 1.69. The molecule has 7 heteroatoms. The summed E-state index contributed by atoms with van der Waals surface area (Å²) in [6.45, 7) is 0.155. The number of carbonyl (C=O) groups is 3. The second-order valence-corrected chi connectivity index (χ2v) is 7.84. The van der Waals surface area contributed by atoms with Gasteiger partial charge >= 0.3 is 5.97 Å². The summed E-state index contributed by atoms with van der Waals surface area (Å²) < 4.78 is 0. The van der Waals surface area contributed by atoms with Crippen LogP contribution in [0.4, 0.5) is 0 Å². The van der Waals surface area contributed by atoms with E-state index >= 15 is 0 Å². The van der Waals surface area contributed by atoms with Gasteiger partial charge in [-0.25, -0.2) is 4.79 Å². The van der Waals surface area contributed by atoms with Gasteiger partial charge in [0.05, 0.1) is 0 Å². The van der Waals surface area contributed by atoms with Gasteiger partial charge in [0.2, 0.25) is 5.91 Å². The van der Waals surface area contributed by atoms with Crippen LogP contribution in [0.2, 0.25) is 0 Å². The molecule has 0 saturated carbocycles. The molecule has 27 heavy (non-hydrogen) atoms. The summed E-state index contributed by atoms with van der Waals surface area (Å²) in [5.41, 5.74) is -0.648. The first-order valence-corrected chi connectivity index (χ1v) is 10.0. The van der Waals surface area contributed by atoms with Crippen molar-refractivity contribution >= 4 is 40.3 Å². The summed E-state index contributed by atoms with van der Waals surface area (Å²) in [4.78, 5) is 36.1. The molecule has 0 aliphatic carbocycles. The first-order valence-electron chi connectivity index (χ1n) is 8.89. The lowest BCUT2D eigenvalue weighted by Crippen LogP contribution is -2.56. The predicted molar refractivity (Wildman–Crippen MR) is 106 cm³/mol. The Hall–Kier alpha value is -2.54. The van der Waals surface area contributed by atoms with Crippen LogP contribution in [0.15, 0.2) is 42.5 Å². The fourth-order valence-corrected chi connectivity index (χ4v) is 4.35. The molecule has 0 aromatic heterocycles. The van der Waals surface area contributed by atoms with Crippen LogP contribution in [-0.2, 0) is 9.59 Å². The van der Waals surface area contributed by atoms with Gasteiger partial charge in [-0.15, -0.1) is 0 Å². The SMILES string of the molecule is O=C(CCNC(=O)c1ccc2ccccc2c1)NC1(C(=O)O)CCSCC1. The summed E-state index contributed by atoms with van der Waals surface area (Å²) in [5, 5.41) is 16.9. The zero-order chi connectivity index (χ0) is 19.3. The second kappa shape index (κ2) is 8.43. The molecule has 0 spiro atoms. The number of carboxylic acid groups (broad SMARTS) is 1. The molecule has 6 nitrogen and oxygen atoms in total. The third-order valence-corrected chi connectivity index (χ3v) is 5.77. The smallest absolute Gasteiger partial charge is 0.329 e. The fraction of sp³-hybridized carbons (Fsp3) is 0.350. The Bertz CT molecular complexity index is 862.